The number of halogens is 1. The summed E-state index contributed by atoms with van der Waals surface area (Å²) in [7, 11) is -3.52. The summed E-state index contributed by atoms with van der Waals surface area (Å²) >= 11 is 0. The third-order valence-corrected chi connectivity index (χ3v) is 2.74. The van der Waals surface area contributed by atoms with Crippen LogP contribution in [0.1, 0.15) is 0 Å². The summed E-state index contributed by atoms with van der Waals surface area (Å²) in [6, 6.07) is 4.92. The molecule has 78 valence electrons. The summed E-state index contributed by atoms with van der Waals surface area (Å²) in [4.78, 5) is 0. The summed E-state index contributed by atoms with van der Waals surface area (Å²) in [5.41, 5.74) is 0.278. The molecule has 0 fully saturated rings. The second-order valence-electron chi connectivity index (χ2n) is 2.65. The van der Waals surface area contributed by atoms with Crippen molar-refractivity contribution >= 4 is 15.7 Å². The second kappa shape index (κ2) is 4.39. The molecule has 0 atom stereocenters. The molecule has 1 aromatic carbocycles. The van der Waals surface area contributed by atoms with Crippen molar-refractivity contribution in [1.29, 1.82) is 0 Å². The molecule has 0 heterocycles. The Hall–Kier alpha value is -1.14. The number of hydrogen-bond donors (Lipinski definition) is 2. The lowest BCUT2D eigenvalue weighted by atomic mass is 10.3. The van der Waals surface area contributed by atoms with E-state index in [1.54, 1.807) is 0 Å². The van der Waals surface area contributed by atoms with Gasteiger partial charge >= 0.3 is 0 Å². The largest absolute Gasteiger partial charge is 0.395 e. The van der Waals surface area contributed by atoms with Crippen molar-refractivity contribution in [3.05, 3.63) is 30.1 Å². The fourth-order valence-corrected chi connectivity index (χ4v) is 1.71. The first-order chi connectivity index (χ1) is 6.53. The van der Waals surface area contributed by atoms with Gasteiger partial charge in [0.15, 0.2) is 0 Å². The first-order valence-electron chi connectivity index (χ1n) is 3.90. The van der Waals surface area contributed by atoms with Crippen LogP contribution >= 0.6 is 0 Å². The SMILES string of the molecule is O=S(=O)(CCO)Nc1ccc(F)cc1. The summed E-state index contributed by atoms with van der Waals surface area (Å²) < 4.78 is 36.9. The van der Waals surface area contributed by atoms with Crippen LogP contribution in [-0.2, 0) is 10.0 Å². The van der Waals surface area contributed by atoms with Crippen molar-refractivity contribution in [3.63, 3.8) is 0 Å². The monoisotopic (exact) mass is 219 g/mol. The van der Waals surface area contributed by atoms with Crippen molar-refractivity contribution < 1.29 is 17.9 Å². The minimum atomic E-state index is -3.52. The first kappa shape index (κ1) is 10.9. The van der Waals surface area contributed by atoms with Gasteiger partial charge in [-0.25, -0.2) is 12.8 Å². The van der Waals surface area contributed by atoms with Crippen LogP contribution in [0, 0.1) is 5.82 Å². The summed E-state index contributed by atoms with van der Waals surface area (Å²) in [5.74, 6) is -0.806. The van der Waals surface area contributed by atoms with E-state index >= 15 is 0 Å². The second-order valence-corrected chi connectivity index (χ2v) is 4.49. The van der Waals surface area contributed by atoms with Gasteiger partial charge in [-0.3, -0.25) is 4.72 Å². The average molecular weight is 219 g/mol. The van der Waals surface area contributed by atoms with Crippen molar-refractivity contribution in [2.75, 3.05) is 17.1 Å². The van der Waals surface area contributed by atoms with Crippen LogP contribution in [0.5, 0.6) is 0 Å². The van der Waals surface area contributed by atoms with Crippen LogP contribution in [0.25, 0.3) is 0 Å². The average Bonchev–Trinajstić information content (AvgIpc) is 2.08. The van der Waals surface area contributed by atoms with Gasteiger partial charge in [0.25, 0.3) is 0 Å². The van der Waals surface area contributed by atoms with Crippen LogP contribution in [0.4, 0.5) is 10.1 Å². The summed E-state index contributed by atoms with van der Waals surface area (Å²) in [6.45, 7) is -0.448. The molecule has 0 aliphatic carbocycles. The molecule has 0 unspecified atom stereocenters. The molecule has 4 nitrogen and oxygen atoms in total. The number of benzene rings is 1. The molecule has 1 aromatic rings. The first-order valence-corrected chi connectivity index (χ1v) is 5.55. The predicted molar refractivity (Wildman–Crippen MR) is 50.9 cm³/mol. The lowest BCUT2D eigenvalue weighted by molar-refractivity contribution is 0.320. The molecule has 0 aliphatic rings. The molecule has 0 amide bonds. The van der Waals surface area contributed by atoms with Gasteiger partial charge in [-0.05, 0) is 24.3 Å². The maximum Gasteiger partial charge on any atom is 0.234 e. The van der Waals surface area contributed by atoms with E-state index in [2.05, 4.69) is 4.72 Å². The highest BCUT2D eigenvalue weighted by atomic mass is 32.2. The van der Waals surface area contributed by atoms with E-state index in [-0.39, 0.29) is 11.4 Å². The van der Waals surface area contributed by atoms with Crippen molar-refractivity contribution in [1.82, 2.24) is 0 Å². The number of anilines is 1. The predicted octanol–water partition coefficient (Wildman–Crippen LogP) is 0.560. The Morgan fingerprint density at radius 2 is 1.86 bits per heavy atom. The van der Waals surface area contributed by atoms with Crippen molar-refractivity contribution in [3.8, 4) is 0 Å². The number of sulfonamides is 1. The van der Waals surface area contributed by atoms with Gasteiger partial charge in [-0.2, -0.15) is 0 Å². The van der Waals surface area contributed by atoms with Gasteiger partial charge in [0.2, 0.25) is 10.0 Å². The minimum absolute atomic E-state index is 0.278. The fraction of sp³-hybridized carbons (Fsp3) is 0.250. The highest BCUT2D eigenvalue weighted by Crippen LogP contribution is 2.09. The molecule has 0 spiro atoms. The standard InChI is InChI=1S/C8H10FNO3S/c9-7-1-3-8(4-2-7)10-14(12,13)6-5-11/h1-4,10-11H,5-6H2. The number of nitrogens with one attached hydrogen (secondary N) is 1. The van der Waals surface area contributed by atoms with Crippen molar-refractivity contribution in [2.45, 2.75) is 0 Å². The highest BCUT2D eigenvalue weighted by molar-refractivity contribution is 7.92. The smallest absolute Gasteiger partial charge is 0.234 e. The lowest BCUT2D eigenvalue weighted by Crippen LogP contribution is -2.18. The fourth-order valence-electron chi connectivity index (χ4n) is 0.869. The molecule has 0 bridgehead atoms. The number of rotatable bonds is 4. The molecule has 0 saturated heterocycles. The molecular weight excluding hydrogens is 209 g/mol. The van der Waals surface area contributed by atoms with E-state index < -0.39 is 22.4 Å². The number of hydrogen-bond acceptors (Lipinski definition) is 3. The topological polar surface area (TPSA) is 66.4 Å². The lowest BCUT2D eigenvalue weighted by Gasteiger charge is -2.05. The van der Waals surface area contributed by atoms with Crippen LogP contribution in [-0.4, -0.2) is 25.9 Å². The minimum Gasteiger partial charge on any atom is -0.395 e. The van der Waals surface area contributed by atoms with Gasteiger partial charge in [0, 0.05) is 5.69 Å². The van der Waals surface area contributed by atoms with Crippen LogP contribution in [0.2, 0.25) is 0 Å². The van der Waals surface area contributed by atoms with Crippen LogP contribution < -0.4 is 4.72 Å². The van der Waals surface area contributed by atoms with E-state index in [1.807, 2.05) is 0 Å². The van der Waals surface area contributed by atoms with E-state index in [0.717, 1.165) is 12.1 Å². The van der Waals surface area contributed by atoms with Crippen molar-refractivity contribution in [2.24, 2.45) is 0 Å². The quantitative estimate of drug-likeness (QED) is 0.777. The third kappa shape index (κ3) is 3.31. The molecule has 1 rings (SSSR count). The maximum absolute atomic E-state index is 12.5. The van der Waals surface area contributed by atoms with E-state index in [4.69, 9.17) is 5.11 Å². The van der Waals surface area contributed by atoms with Crippen LogP contribution in [0.3, 0.4) is 0 Å². The molecular formula is C8H10FNO3S. The summed E-state index contributed by atoms with van der Waals surface area (Å²) in [5, 5.41) is 8.44. The molecule has 0 aliphatic heterocycles. The number of aliphatic hydroxyl groups is 1. The zero-order valence-electron chi connectivity index (χ0n) is 7.27. The molecule has 2 N–H and O–H groups in total. The van der Waals surface area contributed by atoms with Gasteiger partial charge in [-0.15, -0.1) is 0 Å². The van der Waals surface area contributed by atoms with Gasteiger partial charge < -0.3 is 5.11 Å². The van der Waals surface area contributed by atoms with E-state index in [1.165, 1.54) is 12.1 Å². The van der Waals surface area contributed by atoms with E-state index in [0.29, 0.717) is 0 Å². The molecule has 14 heavy (non-hydrogen) atoms. The maximum atomic E-state index is 12.5. The third-order valence-electron chi connectivity index (χ3n) is 1.48. The number of aliphatic hydroxyl groups excluding tert-OH is 1. The normalized spacial score (nSPS) is 11.3. The zero-order chi connectivity index (χ0) is 10.6. The van der Waals surface area contributed by atoms with Crippen LogP contribution in [0.15, 0.2) is 24.3 Å². The Labute approximate surface area is 81.4 Å². The Balaban J connectivity index is 2.74. The van der Waals surface area contributed by atoms with Gasteiger partial charge in [-0.1, -0.05) is 0 Å². The van der Waals surface area contributed by atoms with E-state index in [9.17, 15) is 12.8 Å². The summed E-state index contributed by atoms with van der Waals surface area (Å²) in [6.07, 6.45) is 0. The zero-order valence-corrected chi connectivity index (χ0v) is 8.09. The van der Waals surface area contributed by atoms with Gasteiger partial charge in [0.1, 0.15) is 5.82 Å². The Bertz CT molecular complexity index is 388. The Morgan fingerprint density at radius 3 is 2.36 bits per heavy atom. The molecule has 0 aromatic heterocycles. The molecule has 0 radical (unpaired) electrons. The highest BCUT2D eigenvalue weighted by Gasteiger charge is 2.08. The Morgan fingerprint density at radius 1 is 1.29 bits per heavy atom. The Kier molecular flexibility index (Phi) is 3.43. The van der Waals surface area contributed by atoms with Gasteiger partial charge in [0.05, 0.1) is 12.4 Å². The molecule has 6 heteroatoms. The molecule has 0 saturated carbocycles.